The standard InChI is InChI=1S/C19H28N6O/c1-3-23(4-2)11-14-9-20-18-16(10-21-25(18)12-14)19(26)22-17-13-24-7-5-15(17)6-8-24/h9-10,12,15,17H,3-8,11,13H2,1-2H3,(H,22,26)/t17-/m0/s1. The van der Waals surface area contributed by atoms with Crippen molar-refractivity contribution in [3.63, 3.8) is 0 Å². The quantitative estimate of drug-likeness (QED) is 0.847. The minimum atomic E-state index is -0.0530. The molecule has 26 heavy (non-hydrogen) atoms. The number of rotatable bonds is 6. The zero-order valence-corrected chi connectivity index (χ0v) is 15.7. The molecule has 0 spiro atoms. The molecule has 3 aliphatic rings. The molecule has 7 heteroatoms. The Morgan fingerprint density at radius 1 is 1.27 bits per heavy atom. The Balaban J connectivity index is 1.49. The Morgan fingerprint density at radius 2 is 2.04 bits per heavy atom. The lowest BCUT2D eigenvalue weighted by Gasteiger charge is -2.44. The molecule has 2 bridgehead atoms. The Bertz CT molecular complexity index is 775. The third-order valence-electron chi connectivity index (χ3n) is 5.93. The molecule has 5 rings (SSSR count). The molecule has 140 valence electrons. The maximum atomic E-state index is 12.8. The molecule has 3 saturated heterocycles. The van der Waals surface area contributed by atoms with E-state index in [1.165, 1.54) is 25.9 Å². The van der Waals surface area contributed by atoms with Crippen molar-refractivity contribution in [2.45, 2.75) is 39.3 Å². The Hall–Kier alpha value is -1.99. The first-order valence-electron chi connectivity index (χ1n) is 9.75. The molecule has 0 unspecified atom stereocenters. The van der Waals surface area contributed by atoms with E-state index < -0.39 is 0 Å². The van der Waals surface area contributed by atoms with Gasteiger partial charge in [-0.2, -0.15) is 5.10 Å². The van der Waals surface area contributed by atoms with E-state index in [-0.39, 0.29) is 11.9 Å². The average Bonchev–Trinajstić information content (AvgIpc) is 3.10. The second-order valence-electron chi connectivity index (χ2n) is 7.47. The van der Waals surface area contributed by atoms with E-state index in [4.69, 9.17) is 0 Å². The molecule has 7 nitrogen and oxygen atoms in total. The number of aromatic nitrogens is 3. The van der Waals surface area contributed by atoms with E-state index in [9.17, 15) is 4.79 Å². The highest BCUT2D eigenvalue weighted by atomic mass is 16.1. The van der Waals surface area contributed by atoms with Crippen molar-refractivity contribution in [1.82, 2.24) is 29.7 Å². The molecular formula is C19H28N6O. The predicted octanol–water partition coefficient (Wildman–Crippen LogP) is 1.40. The van der Waals surface area contributed by atoms with Gasteiger partial charge in [-0.3, -0.25) is 9.69 Å². The van der Waals surface area contributed by atoms with Crippen LogP contribution >= 0.6 is 0 Å². The minimum absolute atomic E-state index is 0.0530. The first-order valence-corrected chi connectivity index (χ1v) is 9.75. The lowest BCUT2D eigenvalue weighted by atomic mass is 9.84. The molecule has 3 aliphatic heterocycles. The molecule has 0 aromatic carbocycles. The topological polar surface area (TPSA) is 65.8 Å². The smallest absolute Gasteiger partial charge is 0.257 e. The zero-order chi connectivity index (χ0) is 18.1. The van der Waals surface area contributed by atoms with Crippen LogP contribution in [-0.4, -0.2) is 69.1 Å². The SMILES string of the molecule is CCN(CC)Cc1cnc2c(C(=O)N[C@H]3CN4CCC3CC4)cnn2c1. The van der Waals surface area contributed by atoms with Gasteiger partial charge in [0.25, 0.3) is 5.91 Å². The van der Waals surface area contributed by atoms with Crippen molar-refractivity contribution in [3.05, 3.63) is 29.7 Å². The summed E-state index contributed by atoms with van der Waals surface area (Å²) < 4.78 is 1.73. The van der Waals surface area contributed by atoms with Gasteiger partial charge in [0.2, 0.25) is 0 Å². The van der Waals surface area contributed by atoms with Gasteiger partial charge in [0.05, 0.1) is 6.20 Å². The number of carbonyl (C=O) groups is 1. The van der Waals surface area contributed by atoms with Crippen LogP contribution < -0.4 is 5.32 Å². The molecule has 5 heterocycles. The monoisotopic (exact) mass is 356 g/mol. The van der Waals surface area contributed by atoms with Gasteiger partial charge >= 0.3 is 0 Å². The van der Waals surface area contributed by atoms with Gasteiger partial charge in [-0.05, 0) is 44.9 Å². The van der Waals surface area contributed by atoms with Crippen molar-refractivity contribution >= 4 is 11.6 Å². The first kappa shape index (κ1) is 17.4. The van der Waals surface area contributed by atoms with Crippen LogP contribution in [0.5, 0.6) is 0 Å². The summed E-state index contributed by atoms with van der Waals surface area (Å²) in [6, 6.07) is 0.252. The average molecular weight is 356 g/mol. The van der Waals surface area contributed by atoms with Crippen molar-refractivity contribution in [3.8, 4) is 0 Å². The number of hydrogen-bond donors (Lipinski definition) is 1. The van der Waals surface area contributed by atoms with E-state index in [0.29, 0.717) is 17.1 Å². The zero-order valence-electron chi connectivity index (χ0n) is 15.7. The van der Waals surface area contributed by atoms with Gasteiger partial charge in [-0.25, -0.2) is 9.50 Å². The van der Waals surface area contributed by atoms with Crippen LogP contribution in [0.2, 0.25) is 0 Å². The fraction of sp³-hybridized carbons (Fsp3) is 0.632. The summed E-state index contributed by atoms with van der Waals surface area (Å²) >= 11 is 0. The van der Waals surface area contributed by atoms with Gasteiger partial charge in [-0.15, -0.1) is 0 Å². The fourth-order valence-electron chi connectivity index (χ4n) is 4.24. The van der Waals surface area contributed by atoms with Crippen molar-refractivity contribution < 1.29 is 4.79 Å². The van der Waals surface area contributed by atoms with Crippen LogP contribution in [0.4, 0.5) is 0 Å². The molecule has 0 aliphatic carbocycles. The Labute approximate surface area is 154 Å². The highest BCUT2D eigenvalue weighted by Crippen LogP contribution is 2.27. The number of hydrogen-bond acceptors (Lipinski definition) is 5. The van der Waals surface area contributed by atoms with Crippen LogP contribution in [0.3, 0.4) is 0 Å². The summed E-state index contributed by atoms with van der Waals surface area (Å²) in [5.41, 5.74) is 2.30. The summed E-state index contributed by atoms with van der Waals surface area (Å²) in [6.07, 6.45) is 7.85. The summed E-state index contributed by atoms with van der Waals surface area (Å²) in [4.78, 5) is 22.1. The van der Waals surface area contributed by atoms with E-state index in [1.807, 2.05) is 12.4 Å². The summed E-state index contributed by atoms with van der Waals surface area (Å²) in [5, 5.41) is 7.59. The molecule has 2 aromatic heterocycles. The van der Waals surface area contributed by atoms with Crippen LogP contribution in [0, 0.1) is 5.92 Å². The molecule has 0 radical (unpaired) electrons. The summed E-state index contributed by atoms with van der Waals surface area (Å²) in [5.74, 6) is 0.558. The minimum Gasteiger partial charge on any atom is -0.348 e. The Kier molecular flexibility index (Phi) is 4.91. The van der Waals surface area contributed by atoms with E-state index in [2.05, 4.69) is 39.0 Å². The van der Waals surface area contributed by atoms with Crippen molar-refractivity contribution in [2.24, 2.45) is 5.92 Å². The normalized spacial score (nSPS) is 25.1. The van der Waals surface area contributed by atoms with E-state index in [1.54, 1.807) is 10.7 Å². The van der Waals surface area contributed by atoms with Gasteiger partial charge in [0.15, 0.2) is 5.65 Å². The highest BCUT2D eigenvalue weighted by Gasteiger charge is 2.35. The predicted molar refractivity (Wildman–Crippen MR) is 100 cm³/mol. The van der Waals surface area contributed by atoms with Crippen molar-refractivity contribution in [1.29, 1.82) is 0 Å². The third kappa shape index (κ3) is 3.33. The van der Waals surface area contributed by atoms with Crippen LogP contribution in [0.25, 0.3) is 5.65 Å². The van der Waals surface area contributed by atoms with Gasteiger partial charge in [0.1, 0.15) is 5.56 Å². The van der Waals surface area contributed by atoms with Gasteiger partial charge in [0, 0.05) is 37.1 Å². The van der Waals surface area contributed by atoms with Gasteiger partial charge < -0.3 is 10.2 Å². The van der Waals surface area contributed by atoms with Gasteiger partial charge in [-0.1, -0.05) is 13.8 Å². The molecule has 1 N–H and O–H groups in total. The van der Waals surface area contributed by atoms with Crippen LogP contribution in [-0.2, 0) is 6.54 Å². The molecule has 1 atom stereocenters. The number of carbonyl (C=O) groups excluding carboxylic acids is 1. The van der Waals surface area contributed by atoms with Crippen LogP contribution in [0.15, 0.2) is 18.6 Å². The lowest BCUT2D eigenvalue weighted by molar-refractivity contribution is 0.0621. The number of nitrogens with one attached hydrogen (secondary N) is 1. The number of nitrogens with zero attached hydrogens (tertiary/aromatic N) is 5. The molecule has 1 amide bonds. The maximum Gasteiger partial charge on any atom is 0.257 e. The fourth-order valence-corrected chi connectivity index (χ4v) is 4.24. The second-order valence-corrected chi connectivity index (χ2v) is 7.47. The number of amides is 1. The third-order valence-corrected chi connectivity index (χ3v) is 5.93. The largest absolute Gasteiger partial charge is 0.348 e. The molecule has 3 fully saturated rings. The second kappa shape index (κ2) is 7.32. The van der Waals surface area contributed by atoms with Crippen LogP contribution in [0.1, 0.15) is 42.6 Å². The molecule has 2 aromatic rings. The van der Waals surface area contributed by atoms with Crippen molar-refractivity contribution in [2.75, 3.05) is 32.7 Å². The highest BCUT2D eigenvalue weighted by molar-refractivity contribution is 5.99. The summed E-state index contributed by atoms with van der Waals surface area (Å²) in [6.45, 7) is 10.5. The van der Waals surface area contributed by atoms with E-state index in [0.717, 1.165) is 31.7 Å². The summed E-state index contributed by atoms with van der Waals surface area (Å²) in [7, 11) is 0. The lowest BCUT2D eigenvalue weighted by Crippen LogP contribution is -2.57. The molecule has 0 saturated carbocycles. The molecular weight excluding hydrogens is 328 g/mol. The number of piperidine rings is 3. The van der Waals surface area contributed by atoms with E-state index >= 15 is 0 Å². The first-order chi connectivity index (χ1) is 12.7. The Morgan fingerprint density at radius 3 is 2.69 bits per heavy atom. The maximum absolute atomic E-state index is 12.8. The number of fused-ring (bicyclic) bond motifs is 4.